The van der Waals surface area contributed by atoms with E-state index in [0.29, 0.717) is 0 Å². The van der Waals surface area contributed by atoms with Crippen LogP contribution in [0.2, 0.25) is 0 Å². The van der Waals surface area contributed by atoms with Crippen LogP contribution in [0, 0.1) is 13.8 Å². The zero-order chi connectivity index (χ0) is 12.8. The molecule has 0 saturated heterocycles. The average molecular weight is 245 g/mol. The summed E-state index contributed by atoms with van der Waals surface area (Å²) in [6.07, 6.45) is 3.05. The highest BCUT2D eigenvalue weighted by molar-refractivity contribution is 5.26. The van der Waals surface area contributed by atoms with Gasteiger partial charge in [0.15, 0.2) is 0 Å². The van der Waals surface area contributed by atoms with Crippen molar-refractivity contribution in [3.63, 3.8) is 0 Å². The van der Waals surface area contributed by atoms with Crippen molar-refractivity contribution in [1.29, 1.82) is 0 Å². The third kappa shape index (κ3) is 3.91. The van der Waals surface area contributed by atoms with Crippen LogP contribution in [0.4, 0.5) is 0 Å². The van der Waals surface area contributed by atoms with Gasteiger partial charge in [-0.3, -0.25) is 0 Å². The van der Waals surface area contributed by atoms with Crippen LogP contribution in [0.1, 0.15) is 29.9 Å². The molecule has 0 aliphatic rings. The van der Waals surface area contributed by atoms with Crippen molar-refractivity contribution >= 4 is 0 Å². The second-order valence-electron chi connectivity index (χ2n) is 4.55. The van der Waals surface area contributed by atoms with E-state index in [2.05, 4.69) is 24.2 Å². The van der Waals surface area contributed by atoms with Gasteiger partial charge in [-0.2, -0.15) is 0 Å². The number of hydrogen-bond donors (Lipinski definition) is 0. The van der Waals surface area contributed by atoms with Crippen LogP contribution in [0.25, 0.3) is 0 Å². The fourth-order valence-electron chi connectivity index (χ4n) is 1.77. The Bertz CT molecular complexity index is 473. The second kappa shape index (κ2) is 6.24. The van der Waals surface area contributed by atoms with Crippen molar-refractivity contribution in [1.82, 2.24) is 5.16 Å². The van der Waals surface area contributed by atoms with Crippen LogP contribution in [-0.4, -0.2) is 11.8 Å². The summed E-state index contributed by atoms with van der Waals surface area (Å²) in [5.74, 6) is 1.82. The molecule has 18 heavy (non-hydrogen) atoms. The molecule has 3 nitrogen and oxygen atoms in total. The fraction of sp³-hybridized carbons (Fsp3) is 0.400. The van der Waals surface area contributed by atoms with Crippen molar-refractivity contribution in [3.05, 3.63) is 47.3 Å². The maximum atomic E-state index is 5.66. The number of rotatable bonds is 6. The van der Waals surface area contributed by atoms with Gasteiger partial charge in [-0.15, -0.1) is 0 Å². The average Bonchev–Trinajstić information content (AvgIpc) is 2.77. The predicted molar refractivity (Wildman–Crippen MR) is 70.9 cm³/mol. The SMILES string of the molecule is Cc1ccc(OCCCCc2cc(C)on2)cc1. The summed E-state index contributed by atoms with van der Waals surface area (Å²) in [7, 11) is 0. The van der Waals surface area contributed by atoms with E-state index in [-0.39, 0.29) is 0 Å². The molecule has 96 valence electrons. The Kier molecular flexibility index (Phi) is 4.40. The largest absolute Gasteiger partial charge is 0.494 e. The summed E-state index contributed by atoms with van der Waals surface area (Å²) >= 11 is 0. The quantitative estimate of drug-likeness (QED) is 0.728. The number of ether oxygens (including phenoxy) is 1. The minimum atomic E-state index is 0.750. The van der Waals surface area contributed by atoms with Gasteiger partial charge in [0.2, 0.25) is 0 Å². The first-order chi connectivity index (χ1) is 8.74. The van der Waals surface area contributed by atoms with Crippen LogP contribution in [0.15, 0.2) is 34.9 Å². The summed E-state index contributed by atoms with van der Waals surface area (Å²) < 4.78 is 10.7. The molecule has 0 amide bonds. The maximum absolute atomic E-state index is 5.66. The molecular weight excluding hydrogens is 226 g/mol. The molecule has 0 aliphatic heterocycles. The smallest absolute Gasteiger partial charge is 0.133 e. The summed E-state index contributed by atoms with van der Waals surface area (Å²) in [5, 5.41) is 3.97. The van der Waals surface area contributed by atoms with Gasteiger partial charge in [0.1, 0.15) is 11.5 Å². The Morgan fingerprint density at radius 2 is 1.89 bits per heavy atom. The Hall–Kier alpha value is -1.77. The van der Waals surface area contributed by atoms with Gasteiger partial charge >= 0.3 is 0 Å². The molecule has 0 bridgehead atoms. The molecule has 0 unspecified atom stereocenters. The highest BCUT2D eigenvalue weighted by Gasteiger charge is 2.00. The first-order valence-electron chi connectivity index (χ1n) is 6.36. The van der Waals surface area contributed by atoms with E-state index in [1.807, 2.05) is 25.1 Å². The molecule has 0 fully saturated rings. The van der Waals surface area contributed by atoms with Gasteiger partial charge in [-0.1, -0.05) is 22.9 Å². The summed E-state index contributed by atoms with van der Waals surface area (Å²) in [6.45, 7) is 4.74. The van der Waals surface area contributed by atoms with E-state index in [1.54, 1.807) is 0 Å². The van der Waals surface area contributed by atoms with Crippen LogP contribution < -0.4 is 4.74 Å². The third-order valence-electron chi connectivity index (χ3n) is 2.79. The highest BCUT2D eigenvalue weighted by Crippen LogP contribution is 2.12. The number of unbranched alkanes of at least 4 members (excludes halogenated alkanes) is 1. The Morgan fingerprint density at radius 3 is 2.56 bits per heavy atom. The van der Waals surface area contributed by atoms with E-state index >= 15 is 0 Å². The van der Waals surface area contributed by atoms with E-state index in [9.17, 15) is 0 Å². The topological polar surface area (TPSA) is 35.3 Å². The minimum absolute atomic E-state index is 0.750. The number of hydrogen-bond acceptors (Lipinski definition) is 3. The molecule has 2 rings (SSSR count). The lowest BCUT2D eigenvalue weighted by Crippen LogP contribution is -1.98. The van der Waals surface area contributed by atoms with Crippen molar-refractivity contribution in [2.24, 2.45) is 0 Å². The maximum Gasteiger partial charge on any atom is 0.133 e. The third-order valence-corrected chi connectivity index (χ3v) is 2.79. The van der Waals surface area contributed by atoms with Crippen molar-refractivity contribution < 1.29 is 9.26 Å². The fourth-order valence-corrected chi connectivity index (χ4v) is 1.77. The number of benzene rings is 1. The highest BCUT2D eigenvalue weighted by atomic mass is 16.5. The van der Waals surface area contributed by atoms with Crippen LogP contribution >= 0.6 is 0 Å². The lowest BCUT2D eigenvalue weighted by molar-refractivity contribution is 0.306. The zero-order valence-corrected chi connectivity index (χ0v) is 11.0. The monoisotopic (exact) mass is 245 g/mol. The van der Waals surface area contributed by atoms with Crippen LogP contribution in [0.3, 0.4) is 0 Å². The number of aromatic nitrogens is 1. The Labute approximate surface area is 108 Å². The summed E-state index contributed by atoms with van der Waals surface area (Å²) in [5.41, 5.74) is 2.28. The summed E-state index contributed by atoms with van der Waals surface area (Å²) in [6, 6.07) is 10.1. The Balaban J connectivity index is 1.63. The molecular formula is C15H19NO2. The molecule has 0 atom stereocenters. The Morgan fingerprint density at radius 1 is 1.11 bits per heavy atom. The van der Waals surface area contributed by atoms with Gasteiger partial charge in [0.05, 0.1) is 12.3 Å². The molecule has 1 aromatic carbocycles. The number of nitrogens with zero attached hydrogens (tertiary/aromatic N) is 1. The van der Waals surface area contributed by atoms with E-state index in [4.69, 9.17) is 9.26 Å². The van der Waals surface area contributed by atoms with Gasteiger partial charge in [0, 0.05) is 6.07 Å². The van der Waals surface area contributed by atoms with Crippen molar-refractivity contribution in [2.45, 2.75) is 33.1 Å². The zero-order valence-electron chi connectivity index (χ0n) is 11.0. The molecule has 0 saturated carbocycles. The lowest BCUT2D eigenvalue weighted by Gasteiger charge is -2.05. The van der Waals surface area contributed by atoms with E-state index in [0.717, 1.165) is 43.1 Å². The standard InChI is InChI=1S/C15H19NO2/c1-12-6-8-15(9-7-12)17-10-4-3-5-14-11-13(2)18-16-14/h6-9,11H,3-5,10H2,1-2H3. The van der Waals surface area contributed by atoms with E-state index in [1.165, 1.54) is 5.56 Å². The molecule has 0 spiro atoms. The minimum Gasteiger partial charge on any atom is -0.494 e. The summed E-state index contributed by atoms with van der Waals surface area (Å²) in [4.78, 5) is 0. The second-order valence-corrected chi connectivity index (χ2v) is 4.55. The van der Waals surface area contributed by atoms with Gasteiger partial charge in [0.25, 0.3) is 0 Å². The molecule has 3 heteroatoms. The van der Waals surface area contributed by atoms with Crippen LogP contribution in [0.5, 0.6) is 5.75 Å². The first kappa shape index (κ1) is 12.7. The first-order valence-corrected chi connectivity index (χ1v) is 6.36. The normalized spacial score (nSPS) is 10.6. The van der Waals surface area contributed by atoms with Gasteiger partial charge in [-0.05, 0) is 45.2 Å². The molecule has 2 aromatic rings. The molecule has 0 radical (unpaired) electrons. The van der Waals surface area contributed by atoms with E-state index < -0.39 is 0 Å². The predicted octanol–water partition coefficient (Wildman–Crippen LogP) is 3.69. The van der Waals surface area contributed by atoms with Crippen LogP contribution in [-0.2, 0) is 6.42 Å². The number of aryl methyl sites for hydroxylation is 3. The van der Waals surface area contributed by atoms with Gasteiger partial charge < -0.3 is 9.26 Å². The van der Waals surface area contributed by atoms with Crippen molar-refractivity contribution in [3.8, 4) is 5.75 Å². The molecule has 1 aromatic heterocycles. The molecule has 0 aliphatic carbocycles. The van der Waals surface area contributed by atoms with Crippen molar-refractivity contribution in [2.75, 3.05) is 6.61 Å². The molecule has 1 heterocycles. The lowest BCUT2D eigenvalue weighted by atomic mass is 10.2. The molecule has 0 N–H and O–H groups in total. The van der Waals surface area contributed by atoms with Gasteiger partial charge in [-0.25, -0.2) is 0 Å².